The molecule has 0 atom stereocenters. The first kappa shape index (κ1) is 18.2. The molecule has 1 amide bonds. The van der Waals surface area contributed by atoms with E-state index in [1.807, 2.05) is 26.0 Å². The molecule has 23 heavy (non-hydrogen) atoms. The van der Waals surface area contributed by atoms with Gasteiger partial charge in [0, 0.05) is 30.7 Å². The Morgan fingerprint density at radius 3 is 2.43 bits per heavy atom. The molecule has 6 nitrogen and oxygen atoms in total. The van der Waals surface area contributed by atoms with Crippen molar-refractivity contribution in [3.63, 3.8) is 0 Å². The molecule has 0 aliphatic carbocycles. The quantitative estimate of drug-likeness (QED) is 0.868. The summed E-state index contributed by atoms with van der Waals surface area (Å²) in [5.74, 6) is -0.281. The maximum atomic E-state index is 12.7. The monoisotopic (exact) mass is 359 g/mol. The molecule has 1 N–H and O–H groups in total. The molecule has 1 aliphatic heterocycles. The number of nitrogens with zero attached hydrogens (tertiary/aromatic N) is 2. The SMILES string of the molecule is CC(C)NC(=O)CN1CCCN(Cc2ccc(Cl)cc2)S1(=O)=O. The summed E-state index contributed by atoms with van der Waals surface area (Å²) in [6.07, 6.45) is 0.696. The van der Waals surface area contributed by atoms with Crippen molar-refractivity contribution < 1.29 is 13.2 Å². The summed E-state index contributed by atoms with van der Waals surface area (Å²) in [5.41, 5.74) is 0.867. The van der Waals surface area contributed by atoms with Crippen LogP contribution in [0.15, 0.2) is 24.3 Å². The normalized spacial score (nSPS) is 19.0. The second-order valence-electron chi connectivity index (χ2n) is 5.88. The van der Waals surface area contributed by atoms with Crippen molar-refractivity contribution in [1.29, 1.82) is 0 Å². The molecular weight excluding hydrogens is 338 g/mol. The van der Waals surface area contributed by atoms with Gasteiger partial charge in [-0.25, -0.2) is 0 Å². The van der Waals surface area contributed by atoms with E-state index in [1.165, 1.54) is 8.61 Å². The van der Waals surface area contributed by atoms with E-state index in [1.54, 1.807) is 12.1 Å². The molecule has 0 bridgehead atoms. The van der Waals surface area contributed by atoms with Gasteiger partial charge in [-0.2, -0.15) is 17.0 Å². The van der Waals surface area contributed by atoms with Gasteiger partial charge in [-0.05, 0) is 38.0 Å². The minimum atomic E-state index is -3.63. The predicted octanol–water partition coefficient (Wildman–Crippen LogP) is 1.62. The Labute approximate surface area is 142 Å². The Bertz CT molecular complexity index is 646. The summed E-state index contributed by atoms with van der Waals surface area (Å²) < 4.78 is 27.9. The van der Waals surface area contributed by atoms with Crippen LogP contribution < -0.4 is 5.32 Å². The van der Waals surface area contributed by atoms with Gasteiger partial charge < -0.3 is 5.32 Å². The van der Waals surface area contributed by atoms with Crippen molar-refractivity contribution >= 4 is 27.7 Å². The molecule has 1 heterocycles. The molecule has 8 heteroatoms. The lowest BCUT2D eigenvalue weighted by atomic mass is 10.2. The number of halogens is 1. The zero-order valence-electron chi connectivity index (χ0n) is 13.3. The van der Waals surface area contributed by atoms with E-state index in [0.29, 0.717) is 24.5 Å². The maximum Gasteiger partial charge on any atom is 0.282 e. The lowest BCUT2D eigenvalue weighted by Gasteiger charge is -2.34. The average molecular weight is 360 g/mol. The van der Waals surface area contributed by atoms with Gasteiger partial charge >= 0.3 is 0 Å². The Kier molecular flexibility index (Phi) is 6.02. The van der Waals surface area contributed by atoms with E-state index in [-0.39, 0.29) is 25.0 Å². The summed E-state index contributed by atoms with van der Waals surface area (Å²) in [7, 11) is -3.63. The summed E-state index contributed by atoms with van der Waals surface area (Å²) in [4.78, 5) is 11.9. The van der Waals surface area contributed by atoms with Crippen LogP contribution in [0.2, 0.25) is 5.02 Å². The molecule has 1 fully saturated rings. The van der Waals surface area contributed by atoms with E-state index in [4.69, 9.17) is 11.6 Å². The highest BCUT2D eigenvalue weighted by Gasteiger charge is 2.34. The zero-order valence-corrected chi connectivity index (χ0v) is 14.9. The molecule has 128 valence electrons. The third-order valence-corrected chi connectivity index (χ3v) is 5.69. The number of rotatable bonds is 5. The molecule has 1 saturated heterocycles. The van der Waals surface area contributed by atoms with Gasteiger partial charge in [-0.3, -0.25) is 4.79 Å². The molecule has 1 aromatic rings. The van der Waals surface area contributed by atoms with E-state index < -0.39 is 10.2 Å². The van der Waals surface area contributed by atoms with Crippen LogP contribution in [0.5, 0.6) is 0 Å². The summed E-state index contributed by atoms with van der Waals surface area (Å²) >= 11 is 5.85. The third-order valence-electron chi connectivity index (χ3n) is 3.51. The number of amides is 1. The van der Waals surface area contributed by atoms with E-state index in [9.17, 15) is 13.2 Å². The van der Waals surface area contributed by atoms with Crippen LogP contribution in [0.4, 0.5) is 0 Å². The van der Waals surface area contributed by atoms with Crippen molar-refractivity contribution in [3.8, 4) is 0 Å². The van der Waals surface area contributed by atoms with Gasteiger partial charge in [0.25, 0.3) is 10.2 Å². The molecule has 2 rings (SSSR count). The van der Waals surface area contributed by atoms with Crippen molar-refractivity contribution in [3.05, 3.63) is 34.9 Å². The van der Waals surface area contributed by atoms with Gasteiger partial charge in [0.1, 0.15) is 0 Å². The Morgan fingerprint density at radius 2 is 1.83 bits per heavy atom. The fourth-order valence-electron chi connectivity index (χ4n) is 2.46. The van der Waals surface area contributed by atoms with Crippen LogP contribution in [-0.4, -0.2) is 48.6 Å². The number of hydrogen-bond acceptors (Lipinski definition) is 3. The zero-order chi connectivity index (χ0) is 17.0. The average Bonchev–Trinajstić information content (AvgIpc) is 2.45. The van der Waals surface area contributed by atoms with Crippen LogP contribution in [0, 0.1) is 0 Å². The number of carbonyl (C=O) groups is 1. The highest BCUT2D eigenvalue weighted by molar-refractivity contribution is 7.86. The van der Waals surface area contributed by atoms with Gasteiger partial charge in [-0.15, -0.1) is 0 Å². The topological polar surface area (TPSA) is 69.7 Å². The van der Waals surface area contributed by atoms with Crippen LogP contribution in [0.3, 0.4) is 0 Å². The molecule has 1 aliphatic rings. The molecule has 0 unspecified atom stereocenters. The van der Waals surface area contributed by atoms with E-state index in [0.717, 1.165) is 5.56 Å². The van der Waals surface area contributed by atoms with Crippen LogP contribution >= 0.6 is 11.6 Å². The minimum Gasteiger partial charge on any atom is -0.353 e. The first-order chi connectivity index (χ1) is 10.8. The minimum absolute atomic E-state index is 0.0137. The highest BCUT2D eigenvalue weighted by atomic mass is 35.5. The molecular formula is C15H22ClN3O3S. The van der Waals surface area contributed by atoms with Crippen LogP contribution in [0.1, 0.15) is 25.8 Å². The van der Waals surface area contributed by atoms with Gasteiger partial charge in [-0.1, -0.05) is 23.7 Å². The number of carbonyl (C=O) groups excluding carboxylic acids is 1. The lowest BCUT2D eigenvalue weighted by molar-refractivity contribution is -0.121. The van der Waals surface area contributed by atoms with Gasteiger partial charge in [0.15, 0.2) is 0 Å². The van der Waals surface area contributed by atoms with Crippen molar-refractivity contribution in [2.75, 3.05) is 19.6 Å². The summed E-state index contributed by atoms with van der Waals surface area (Å²) in [6, 6.07) is 7.08. The second-order valence-corrected chi connectivity index (χ2v) is 8.24. The number of hydrogen-bond donors (Lipinski definition) is 1. The molecule has 0 aromatic heterocycles. The van der Waals surface area contributed by atoms with E-state index >= 15 is 0 Å². The highest BCUT2D eigenvalue weighted by Crippen LogP contribution is 2.20. The maximum absolute atomic E-state index is 12.7. The Morgan fingerprint density at radius 1 is 1.22 bits per heavy atom. The van der Waals surface area contributed by atoms with Gasteiger partial charge in [0.2, 0.25) is 5.91 Å². The fraction of sp³-hybridized carbons (Fsp3) is 0.533. The number of benzene rings is 1. The van der Waals surface area contributed by atoms with Crippen molar-refractivity contribution in [2.45, 2.75) is 32.9 Å². The summed E-state index contributed by atoms with van der Waals surface area (Å²) in [6.45, 7) is 4.64. The Balaban J connectivity index is 2.07. The van der Waals surface area contributed by atoms with Crippen molar-refractivity contribution in [2.24, 2.45) is 0 Å². The van der Waals surface area contributed by atoms with Gasteiger partial charge in [0.05, 0.1) is 6.54 Å². The second kappa shape index (κ2) is 7.61. The Hall–Kier alpha value is -1.15. The largest absolute Gasteiger partial charge is 0.353 e. The van der Waals surface area contributed by atoms with E-state index in [2.05, 4.69) is 5.32 Å². The fourth-order valence-corrected chi connectivity index (χ4v) is 4.22. The molecule has 1 aromatic carbocycles. The number of nitrogens with one attached hydrogen (secondary N) is 1. The first-order valence-corrected chi connectivity index (χ1v) is 9.35. The van der Waals surface area contributed by atoms with Crippen LogP contribution in [-0.2, 0) is 21.5 Å². The lowest BCUT2D eigenvalue weighted by Crippen LogP contribution is -2.52. The first-order valence-electron chi connectivity index (χ1n) is 7.58. The van der Waals surface area contributed by atoms with Crippen molar-refractivity contribution in [1.82, 2.24) is 13.9 Å². The van der Waals surface area contributed by atoms with Crippen LogP contribution in [0.25, 0.3) is 0 Å². The standard InChI is InChI=1S/C15H22ClN3O3S/c1-12(2)17-15(20)11-19-9-3-8-18(23(19,21)22)10-13-4-6-14(16)7-5-13/h4-7,12H,3,8-11H2,1-2H3,(H,17,20). The third kappa shape index (κ3) is 4.91. The predicted molar refractivity (Wildman–Crippen MR) is 90.3 cm³/mol. The molecule has 0 saturated carbocycles. The molecule has 0 radical (unpaired) electrons. The molecule has 0 spiro atoms. The smallest absolute Gasteiger partial charge is 0.282 e. The summed E-state index contributed by atoms with van der Waals surface area (Å²) in [5, 5.41) is 3.33.